The Morgan fingerprint density at radius 1 is 1.00 bits per heavy atom. The van der Waals surface area contributed by atoms with E-state index in [1.54, 1.807) is 24.3 Å². The van der Waals surface area contributed by atoms with E-state index in [9.17, 15) is 13.2 Å². The fourth-order valence-corrected chi connectivity index (χ4v) is 5.10. The number of nitrogens with one attached hydrogen (secondary N) is 1. The Hall–Kier alpha value is -2.66. The van der Waals surface area contributed by atoms with Crippen molar-refractivity contribution in [2.45, 2.75) is 11.8 Å². The molecule has 0 radical (unpaired) electrons. The zero-order valence-corrected chi connectivity index (χ0v) is 18.8. The Balaban J connectivity index is 1.61. The van der Waals surface area contributed by atoms with Gasteiger partial charge in [-0.25, -0.2) is 8.42 Å². The van der Waals surface area contributed by atoms with Gasteiger partial charge in [0.05, 0.1) is 42.7 Å². The third-order valence-electron chi connectivity index (χ3n) is 5.35. The number of rotatable bonds is 6. The van der Waals surface area contributed by atoms with Crippen LogP contribution in [-0.2, 0) is 24.3 Å². The largest absolute Gasteiger partial charge is 0.462 e. The van der Waals surface area contributed by atoms with Gasteiger partial charge in [0, 0.05) is 32.3 Å². The van der Waals surface area contributed by atoms with Crippen molar-refractivity contribution in [3.8, 4) is 0 Å². The maximum absolute atomic E-state index is 13.1. The summed E-state index contributed by atoms with van der Waals surface area (Å²) in [6, 6.07) is 8.45. The van der Waals surface area contributed by atoms with Crippen LogP contribution in [0.15, 0.2) is 45.7 Å². The lowest BCUT2D eigenvalue weighted by Gasteiger charge is -2.31. The van der Waals surface area contributed by atoms with Gasteiger partial charge in [0.15, 0.2) is 0 Å². The number of benzene rings is 1. The lowest BCUT2D eigenvalue weighted by molar-refractivity contribution is -0.111. The molecule has 2 aromatic rings. The summed E-state index contributed by atoms with van der Waals surface area (Å²) in [6.07, 6.45) is 2.94. The van der Waals surface area contributed by atoms with Gasteiger partial charge in [0.1, 0.15) is 11.5 Å². The molecule has 1 aromatic carbocycles. The number of sulfonamides is 1. The molecule has 4 rings (SSSR count). The quantitative estimate of drug-likeness (QED) is 0.658. The third-order valence-corrected chi connectivity index (χ3v) is 7.24. The second kappa shape index (κ2) is 9.86. The number of hydrogen-bond acceptors (Lipinski definition) is 7. The molecule has 0 aliphatic carbocycles. The van der Waals surface area contributed by atoms with Crippen LogP contribution in [0.3, 0.4) is 0 Å². The molecule has 0 bridgehead atoms. The summed E-state index contributed by atoms with van der Waals surface area (Å²) >= 11 is 0. The minimum absolute atomic E-state index is 0.136. The molecule has 1 aromatic heterocycles. The number of aryl methyl sites for hydroxylation is 1. The van der Waals surface area contributed by atoms with Crippen molar-refractivity contribution >= 4 is 33.4 Å². The number of furan rings is 1. The van der Waals surface area contributed by atoms with Gasteiger partial charge in [-0.2, -0.15) is 4.31 Å². The summed E-state index contributed by atoms with van der Waals surface area (Å²) in [5, 5.41) is 2.84. The predicted molar refractivity (Wildman–Crippen MR) is 120 cm³/mol. The van der Waals surface area contributed by atoms with Gasteiger partial charge in [-0.3, -0.25) is 4.79 Å². The summed E-state index contributed by atoms with van der Waals surface area (Å²) in [7, 11) is -3.69. The van der Waals surface area contributed by atoms with E-state index in [0.29, 0.717) is 64.1 Å². The highest BCUT2D eigenvalue weighted by molar-refractivity contribution is 7.89. The van der Waals surface area contributed by atoms with E-state index in [0.717, 1.165) is 11.4 Å². The number of morpholine rings is 2. The number of nitrogens with zero attached hydrogens (tertiary/aromatic N) is 2. The first-order valence-corrected chi connectivity index (χ1v) is 12.0. The Morgan fingerprint density at radius 3 is 2.34 bits per heavy atom. The van der Waals surface area contributed by atoms with Crippen LogP contribution in [-0.4, -0.2) is 71.2 Å². The maximum Gasteiger partial charge on any atom is 0.248 e. The first kappa shape index (κ1) is 22.5. The van der Waals surface area contributed by atoms with Crippen LogP contribution in [0.1, 0.15) is 11.5 Å². The average molecular weight is 462 g/mol. The van der Waals surface area contributed by atoms with Crippen molar-refractivity contribution in [1.82, 2.24) is 4.31 Å². The van der Waals surface area contributed by atoms with Crippen molar-refractivity contribution in [1.29, 1.82) is 0 Å². The van der Waals surface area contributed by atoms with E-state index in [2.05, 4.69) is 10.2 Å². The number of anilines is 2. The summed E-state index contributed by atoms with van der Waals surface area (Å²) in [5.41, 5.74) is 1.19. The standard InChI is InChI=1S/C22H27N3O6S/c1-17-2-3-18(31-17)4-7-22(26)23-20-16-19(32(27,28)25-10-14-30-15-11-25)5-6-21(20)24-8-12-29-13-9-24/h2-7,16H,8-15H2,1H3,(H,23,26)/b7-4+. The first-order chi connectivity index (χ1) is 15.4. The summed E-state index contributed by atoms with van der Waals surface area (Å²) in [5.74, 6) is 0.935. The molecule has 2 fully saturated rings. The summed E-state index contributed by atoms with van der Waals surface area (Å²) < 4.78 is 43.8. The zero-order valence-electron chi connectivity index (χ0n) is 18.0. The fourth-order valence-electron chi connectivity index (χ4n) is 3.67. The topological polar surface area (TPSA) is 101 Å². The molecule has 0 saturated carbocycles. The van der Waals surface area contributed by atoms with Crippen LogP contribution in [0.2, 0.25) is 0 Å². The van der Waals surface area contributed by atoms with E-state index < -0.39 is 10.0 Å². The Morgan fingerprint density at radius 2 is 1.69 bits per heavy atom. The fraction of sp³-hybridized carbons (Fsp3) is 0.409. The molecule has 172 valence electrons. The van der Waals surface area contributed by atoms with Crippen LogP contribution in [0.5, 0.6) is 0 Å². The molecule has 0 unspecified atom stereocenters. The third kappa shape index (κ3) is 5.21. The van der Waals surface area contributed by atoms with Gasteiger partial charge in [-0.1, -0.05) is 0 Å². The van der Waals surface area contributed by atoms with E-state index >= 15 is 0 Å². The van der Waals surface area contributed by atoms with Crippen molar-refractivity contribution < 1.29 is 27.1 Å². The summed E-state index contributed by atoms with van der Waals surface area (Å²) in [4.78, 5) is 14.8. The molecule has 1 amide bonds. The van der Waals surface area contributed by atoms with E-state index in [4.69, 9.17) is 13.9 Å². The smallest absolute Gasteiger partial charge is 0.248 e. The molecule has 32 heavy (non-hydrogen) atoms. The molecule has 3 heterocycles. The highest BCUT2D eigenvalue weighted by Crippen LogP contribution is 2.31. The molecule has 9 nitrogen and oxygen atoms in total. The van der Waals surface area contributed by atoms with Crippen molar-refractivity contribution in [3.05, 3.63) is 47.9 Å². The highest BCUT2D eigenvalue weighted by Gasteiger charge is 2.28. The second-order valence-corrected chi connectivity index (χ2v) is 9.50. The number of carbonyl (C=O) groups excluding carboxylic acids is 1. The Bertz CT molecular complexity index is 1080. The van der Waals surface area contributed by atoms with Crippen LogP contribution in [0, 0.1) is 6.92 Å². The normalized spacial score (nSPS) is 18.2. The number of hydrogen-bond donors (Lipinski definition) is 1. The predicted octanol–water partition coefficient (Wildman–Crippen LogP) is 2.10. The molecule has 1 N–H and O–H groups in total. The maximum atomic E-state index is 13.1. The Labute approximate surface area is 187 Å². The molecular formula is C22H27N3O6S. The van der Waals surface area contributed by atoms with Crippen LogP contribution in [0.25, 0.3) is 6.08 Å². The van der Waals surface area contributed by atoms with E-state index in [1.165, 1.54) is 16.4 Å². The molecular weight excluding hydrogens is 434 g/mol. The van der Waals surface area contributed by atoms with E-state index in [-0.39, 0.29) is 10.8 Å². The molecule has 2 aliphatic heterocycles. The molecule has 0 spiro atoms. The van der Waals surface area contributed by atoms with Crippen LogP contribution in [0.4, 0.5) is 11.4 Å². The first-order valence-electron chi connectivity index (χ1n) is 10.5. The van der Waals surface area contributed by atoms with Crippen molar-refractivity contribution in [2.24, 2.45) is 0 Å². The van der Waals surface area contributed by atoms with Gasteiger partial charge >= 0.3 is 0 Å². The minimum atomic E-state index is -3.69. The minimum Gasteiger partial charge on any atom is -0.462 e. The molecule has 2 saturated heterocycles. The number of ether oxygens (including phenoxy) is 2. The van der Waals surface area contributed by atoms with Gasteiger partial charge in [-0.15, -0.1) is 0 Å². The highest BCUT2D eigenvalue weighted by atomic mass is 32.2. The molecule has 2 aliphatic rings. The van der Waals surface area contributed by atoms with Crippen molar-refractivity contribution in [3.63, 3.8) is 0 Å². The lowest BCUT2D eigenvalue weighted by atomic mass is 10.2. The van der Waals surface area contributed by atoms with Crippen LogP contribution >= 0.6 is 0 Å². The van der Waals surface area contributed by atoms with Gasteiger partial charge in [-0.05, 0) is 43.3 Å². The number of carbonyl (C=O) groups is 1. The van der Waals surface area contributed by atoms with Gasteiger partial charge in [0.25, 0.3) is 0 Å². The zero-order chi connectivity index (χ0) is 22.6. The average Bonchev–Trinajstić information content (AvgIpc) is 3.24. The molecule has 0 atom stereocenters. The van der Waals surface area contributed by atoms with Crippen molar-refractivity contribution in [2.75, 3.05) is 62.8 Å². The molecule has 10 heteroatoms. The van der Waals surface area contributed by atoms with E-state index in [1.807, 2.05) is 13.0 Å². The SMILES string of the molecule is Cc1ccc(/C=C/C(=O)Nc2cc(S(=O)(=O)N3CCOCC3)ccc2N2CCOCC2)o1. The number of amides is 1. The lowest BCUT2D eigenvalue weighted by Crippen LogP contribution is -2.40. The van der Waals surface area contributed by atoms with Crippen LogP contribution < -0.4 is 10.2 Å². The summed E-state index contributed by atoms with van der Waals surface area (Å²) in [6.45, 7) is 5.61. The monoisotopic (exact) mass is 461 g/mol. The van der Waals surface area contributed by atoms with Gasteiger partial charge in [0.2, 0.25) is 15.9 Å². The second-order valence-electron chi connectivity index (χ2n) is 7.57. The Kier molecular flexibility index (Phi) is 6.95. The van der Waals surface area contributed by atoms with Gasteiger partial charge < -0.3 is 24.1 Å².